The molecule has 13 nitrogen and oxygen atoms in total. The Bertz CT molecular complexity index is 665. The quantitative estimate of drug-likeness (QED) is 0.243. The molecule has 1 unspecified atom stereocenters. The van der Waals surface area contributed by atoms with Crippen molar-refractivity contribution >= 4 is 21.6 Å². The summed E-state index contributed by atoms with van der Waals surface area (Å²) in [4.78, 5) is 39.1. The largest absolute Gasteiger partial charge is 0.481 e. The van der Waals surface area contributed by atoms with Crippen molar-refractivity contribution in [1.82, 2.24) is 4.90 Å². The third-order valence-corrected chi connectivity index (χ3v) is 5.96. The van der Waals surface area contributed by atoms with E-state index in [1.165, 1.54) is 0 Å². The van der Waals surface area contributed by atoms with E-state index in [4.69, 9.17) is 20.3 Å². The number of carbonyl (C=O) groups is 1. The molecule has 2 aliphatic heterocycles. The maximum atomic E-state index is 11.4. The molecular formula is C11H20N2O11P2. The lowest BCUT2D eigenvalue weighted by Gasteiger charge is -2.32. The van der Waals surface area contributed by atoms with Crippen LogP contribution in [0.15, 0.2) is 11.6 Å². The van der Waals surface area contributed by atoms with Crippen molar-refractivity contribution in [1.29, 1.82) is 0 Å². The highest BCUT2D eigenvalue weighted by molar-refractivity contribution is 7.60. The second-order valence-corrected chi connectivity index (χ2v) is 8.57. The fourth-order valence-electron chi connectivity index (χ4n) is 2.66. The van der Waals surface area contributed by atoms with Gasteiger partial charge >= 0.3 is 15.6 Å². The Labute approximate surface area is 147 Å². The van der Waals surface area contributed by atoms with Crippen LogP contribution in [-0.4, -0.2) is 79.9 Å². The molecule has 150 valence electrons. The van der Waals surface area contributed by atoms with E-state index >= 15 is 0 Å². The number of ether oxygens (including phenoxy) is 1. The fourth-order valence-corrected chi connectivity index (χ4v) is 4.26. The Kier molecular flexibility index (Phi) is 6.76. The molecule has 26 heavy (non-hydrogen) atoms. The Balaban J connectivity index is 1.97. The highest BCUT2D eigenvalue weighted by Crippen LogP contribution is 2.57. The van der Waals surface area contributed by atoms with Crippen molar-refractivity contribution in [2.24, 2.45) is 5.73 Å². The lowest BCUT2D eigenvalue weighted by Crippen LogP contribution is -2.47. The molecule has 0 aromatic carbocycles. The first-order chi connectivity index (χ1) is 11.9. The maximum Gasteiger partial charge on any atom is 0.481 e. The Morgan fingerprint density at radius 2 is 1.96 bits per heavy atom. The van der Waals surface area contributed by atoms with Gasteiger partial charge in [-0.25, -0.2) is 9.13 Å². The van der Waals surface area contributed by atoms with Crippen molar-refractivity contribution in [2.75, 3.05) is 19.7 Å². The molecule has 2 aliphatic rings. The van der Waals surface area contributed by atoms with Gasteiger partial charge in [0, 0.05) is 18.7 Å². The van der Waals surface area contributed by atoms with Gasteiger partial charge in [0.1, 0.15) is 24.5 Å². The van der Waals surface area contributed by atoms with Gasteiger partial charge in [-0.05, 0) is 6.42 Å². The number of aliphatic hydroxyl groups is 2. The Morgan fingerprint density at radius 3 is 2.54 bits per heavy atom. The molecule has 0 aromatic heterocycles. The second-order valence-electron chi connectivity index (χ2n) is 5.74. The first kappa shape index (κ1) is 21.6. The zero-order valence-electron chi connectivity index (χ0n) is 13.3. The van der Waals surface area contributed by atoms with Crippen LogP contribution in [0, 0.1) is 0 Å². The summed E-state index contributed by atoms with van der Waals surface area (Å²) in [5.41, 5.74) is 5.54. The highest BCUT2D eigenvalue weighted by atomic mass is 31.3. The number of nitrogens with two attached hydrogens (primary N) is 1. The van der Waals surface area contributed by atoms with Crippen molar-refractivity contribution in [3.8, 4) is 0 Å². The zero-order valence-corrected chi connectivity index (χ0v) is 15.1. The summed E-state index contributed by atoms with van der Waals surface area (Å²) < 4.78 is 35.5. The summed E-state index contributed by atoms with van der Waals surface area (Å²) in [7, 11) is -10.4. The molecule has 0 spiro atoms. The highest BCUT2D eigenvalue weighted by Gasteiger charge is 2.47. The molecule has 7 N–H and O–H groups in total. The number of amides is 1. The molecule has 0 radical (unpaired) electrons. The molecule has 0 bridgehead atoms. The molecule has 2 heterocycles. The number of hydrogen-bond donors (Lipinski definition) is 6. The van der Waals surface area contributed by atoms with E-state index in [1.54, 1.807) is 11.0 Å². The number of nitrogens with zero attached hydrogens (tertiary/aromatic N) is 1. The van der Waals surface area contributed by atoms with Crippen LogP contribution >= 0.6 is 15.6 Å². The molecule has 1 saturated heterocycles. The average molecular weight is 418 g/mol. The summed E-state index contributed by atoms with van der Waals surface area (Å²) in [6, 6.07) is 0. The lowest BCUT2D eigenvalue weighted by molar-refractivity contribution is -0.117. The van der Waals surface area contributed by atoms with E-state index in [2.05, 4.69) is 8.83 Å². The molecule has 0 aliphatic carbocycles. The minimum Gasteiger partial charge on any atom is -0.387 e. The second kappa shape index (κ2) is 8.13. The topological polar surface area (TPSA) is 209 Å². The van der Waals surface area contributed by atoms with E-state index in [1.807, 2.05) is 0 Å². The van der Waals surface area contributed by atoms with E-state index in [0.717, 1.165) is 0 Å². The minimum atomic E-state index is -5.28. The van der Waals surface area contributed by atoms with Gasteiger partial charge in [0.15, 0.2) is 0 Å². The third kappa shape index (κ3) is 5.65. The lowest BCUT2D eigenvalue weighted by atomic mass is 10.1. The van der Waals surface area contributed by atoms with E-state index in [9.17, 15) is 29.0 Å². The van der Waals surface area contributed by atoms with Crippen LogP contribution in [0.4, 0.5) is 0 Å². The van der Waals surface area contributed by atoms with Crippen molar-refractivity contribution in [3.63, 3.8) is 0 Å². The van der Waals surface area contributed by atoms with Crippen LogP contribution in [0.1, 0.15) is 6.42 Å². The zero-order chi connectivity index (χ0) is 19.7. The molecule has 0 aromatic rings. The number of phosphoric acid groups is 2. The SMILES string of the molecule is NC(=O)C1=CCCN([C@@H]2O[C@H](COP(=O)(O)OP(=O)(O)O)[C@@H](O)[C@H]2O)C1. The van der Waals surface area contributed by atoms with Crippen molar-refractivity contribution in [3.05, 3.63) is 11.6 Å². The van der Waals surface area contributed by atoms with Crippen LogP contribution in [0.2, 0.25) is 0 Å². The predicted octanol–water partition coefficient (Wildman–Crippen LogP) is -2.22. The predicted molar refractivity (Wildman–Crippen MR) is 83.0 cm³/mol. The van der Waals surface area contributed by atoms with Crippen LogP contribution in [0.5, 0.6) is 0 Å². The number of hydrogen-bond acceptors (Lipinski definition) is 9. The van der Waals surface area contributed by atoms with Gasteiger partial charge in [0.2, 0.25) is 5.91 Å². The van der Waals surface area contributed by atoms with Crippen molar-refractivity contribution < 1.29 is 52.4 Å². The number of carbonyl (C=O) groups excluding carboxylic acids is 1. The first-order valence-electron chi connectivity index (χ1n) is 7.38. The molecule has 1 amide bonds. The third-order valence-electron chi connectivity index (χ3n) is 3.81. The first-order valence-corrected chi connectivity index (χ1v) is 10.4. The number of primary amides is 1. The van der Waals surface area contributed by atoms with Crippen LogP contribution in [0.3, 0.4) is 0 Å². The Morgan fingerprint density at radius 1 is 1.31 bits per heavy atom. The maximum absolute atomic E-state index is 11.4. The monoisotopic (exact) mass is 418 g/mol. The summed E-state index contributed by atoms with van der Waals surface area (Å²) >= 11 is 0. The molecule has 2 rings (SSSR count). The fraction of sp³-hybridized carbons (Fsp3) is 0.727. The molecule has 5 atom stereocenters. The summed E-state index contributed by atoms with van der Waals surface area (Å²) in [5.74, 6) is -0.626. The standard InChI is InChI=1S/C11H20N2O11P2/c12-10(16)6-2-1-3-13(4-6)11-9(15)8(14)7(23-11)5-22-26(20,21)24-25(17,18)19/h2,7-9,11,14-15H,1,3-5H2,(H2,12,16)(H,20,21)(H2,17,18,19)/t7-,8-,9-,11-/m1/s1. The van der Waals surface area contributed by atoms with Gasteiger partial charge in [-0.2, -0.15) is 4.31 Å². The number of phosphoric ester groups is 1. The van der Waals surface area contributed by atoms with Crippen LogP contribution in [-0.2, 0) is 27.5 Å². The molecule has 15 heteroatoms. The van der Waals surface area contributed by atoms with Gasteiger partial charge in [-0.15, -0.1) is 0 Å². The minimum absolute atomic E-state index is 0.0805. The van der Waals surface area contributed by atoms with Gasteiger partial charge < -0.3 is 35.4 Å². The van der Waals surface area contributed by atoms with E-state index in [-0.39, 0.29) is 6.54 Å². The average Bonchev–Trinajstić information content (AvgIpc) is 2.79. The molecule has 1 fully saturated rings. The summed E-state index contributed by atoms with van der Waals surface area (Å²) in [5, 5.41) is 20.1. The van der Waals surface area contributed by atoms with Gasteiger partial charge in [0.05, 0.1) is 6.61 Å². The Hall–Kier alpha value is -0.690. The number of aliphatic hydroxyl groups excluding tert-OH is 2. The van der Waals surface area contributed by atoms with Gasteiger partial charge in [0.25, 0.3) is 0 Å². The normalized spacial score (nSPS) is 32.9. The summed E-state index contributed by atoms with van der Waals surface area (Å²) in [6.07, 6.45) is -3.14. The summed E-state index contributed by atoms with van der Waals surface area (Å²) in [6.45, 7) is -0.301. The van der Waals surface area contributed by atoms with E-state index < -0.39 is 52.7 Å². The van der Waals surface area contributed by atoms with E-state index in [0.29, 0.717) is 18.5 Å². The molecular weight excluding hydrogens is 398 g/mol. The van der Waals surface area contributed by atoms with Gasteiger partial charge in [-0.3, -0.25) is 14.2 Å². The van der Waals surface area contributed by atoms with Gasteiger partial charge in [-0.1, -0.05) is 6.08 Å². The number of rotatable bonds is 7. The van der Waals surface area contributed by atoms with Crippen molar-refractivity contribution in [2.45, 2.75) is 31.0 Å². The molecule has 0 saturated carbocycles. The smallest absolute Gasteiger partial charge is 0.387 e. The van der Waals surface area contributed by atoms with Crippen LogP contribution < -0.4 is 5.73 Å². The van der Waals surface area contributed by atoms with Crippen LogP contribution in [0.25, 0.3) is 0 Å².